The molecule has 0 aliphatic heterocycles. The van der Waals surface area contributed by atoms with Crippen LogP contribution < -0.4 is 10.6 Å². The number of carbonyl (C=O) groups is 2. The van der Waals surface area contributed by atoms with E-state index in [1.807, 2.05) is 36.8 Å². The summed E-state index contributed by atoms with van der Waals surface area (Å²) in [5.74, 6) is 6.48. The second kappa shape index (κ2) is 25.3. The van der Waals surface area contributed by atoms with Gasteiger partial charge in [-0.05, 0) is 49.3 Å². The highest BCUT2D eigenvalue weighted by atomic mass is 32.2. The number of carbonyl (C=O) groups excluding carboxylic acids is 2. The van der Waals surface area contributed by atoms with E-state index in [0.29, 0.717) is 18.8 Å². The minimum Gasteiger partial charge on any atom is -0.384 e. The van der Waals surface area contributed by atoms with Crippen LogP contribution in [0.3, 0.4) is 0 Å². The molecule has 0 amide bonds. The molecule has 0 atom stereocenters. The first kappa shape index (κ1) is 37.8. The molecule has 2 aromatic carbocycles. The normalized spacial score (nSPS) is 14.2. The lowest BCUT2D eigenvalue weighted by molar-refractivity contribution is -0.118. The van der Waals surface area contributed by atoms with Gasteiger partial charge in [0, 0.05) is 25.1 Å². The van der Waals surface area contributed by atoms with Crippen molar-refractivity contribution in [1.82, 2.24) is 10.6 Å². The van der Waals surface area contributed by atoms with Crippen molar-refractivity contribution in [3.8, 4) is 12.3 Å². The molecule has 2 N–H and O–H groups in total. The predicted octanol–water partition coefficient (Wildman–Crippen LogP) is 8.68. The summed E-state index contributed by atoms with van der Waals surface area (Å²) in [5, 5.41) is 6.65. The second-order valence-corrected chi connectivity index (χ2v) is 12.3. The quantitative estimate of drug-likeness (QED) is 0.129. The van der Waals surface area contributed by atoms with Crippen LogP contribution in [-0.4, -0.2) is 31.4 Å². The molecule has 2 fully saturated rings. The van der Waals surface area contributed by atoms with Gasteiger partial charge in [0.2, 0.25) is 0 Å². The number of terminal acetylenes is 1. The number of hydrogen-bond acceptors (Lipinski definition) is 5. The number of hydrogen-bond donors (Lipinski definition) is 2. The Morgan fingerprint density at radius 3 is 2.12 bits per heavy atom. The maximum Gasteiger partial charge on any atom is 0.152 e. The first-order chi connectivity index (χ1) is 21.0. The third-order valence-electron chi connectivity index (χ3n) is 7.12. The highest BCUT2D eigenvalue weighted by Crippen LogP contribution is 2.31. The summed E-state index contributed by atoms with van der Waals surface area (Å²) in [7, 11) is 0. The fourth-order valence-electron chi connectivity index (χ4n) is 4.37. The smallest absolute Gasteiger partial charge is 0.152 e. The third kappa shape index (κ3) is 21.2. The van der Waals surface area contributed by atoms with Crippen LogP contribution in [0.2, 0.25) is 0 Å². The molecule has 2 aliphatic carbocycles. The second-order valence-electron chi connectivity index (χ2n) is 11.2. The average molecular weight is 603 g/mol. The first-order valence-electron chi connectivity index (χ1n) is 15.7. The molecule has 2 saturated carbocycles. The van der Waals surface area contributed by atoms with Gasteiger partial charge in [0.05, 0.1) is 17.9 Å². The SMILES string of the molecule is C#CCCC(=O)CNC(=C)/C(=C\C1CC1)NCCCSCc1ccccc1.C=O.CC1CCCCC1.Cc1ccccc1. The highest BCUT2D eigenvalue weighted by Gasteiger charge is 2.20. The van der Waals surface area contributed by atoms with E-state index in [1.165, 1.54) is 56.1 Å². The van der Waals surface area contributed by atoms with Gasteiger partial charge in [-0.2, -0.15) is 11.8 Å². The van der Waals surface area contributed by atoms with Gasteiger partial charge in [0.1, 0.15) is 6.79 Å². The van der Waals surface area contributed by atoms with E-state index in [1.54, 1.807) is 0 Å². The van der Waals surface area contributed by atoms with Crippen LogP contribution in [0, 0.1) is 31.1 Å². The summed E-state index contributed by atoms with van der Waals surface area (Å²) in [6.07, 6.45) is 19.4. The lowest BCUT2D eigenvalue weighted by Crippen LogP contribution is -2.28. The largest absolute Gasteiger partial charge is 0.384 e. The fourth-order valence-corrected chi connectivity index (χ4v) is 5.29. The summed E-state index contributed by atoms with van der Waals surface area (Å²) < 4.78 is 0. The Labute approximate surface area is 266 Å². The Bertz CT molecular complexity index is 1070. The van der Waals surface area contributed by atoms with Crippen molar-refractivity contribution in [2.24, 2.45) is 11.8 Å². The van der Waals surface area contributed by atoms with Gasteiger partial charge in [-0.3, -0.25) is 4.79 Å². The number of ketones is 1. The van der Waals surface area contributed by atoms with Crippen LogP contribution >= 0.6 is 11.8 Å². The van der Waals surface area contributed by atoms with Crippen LogP contribution in [0.1, 0.15) is 82.3 Å². The Morgan fingerprint density at radius 1 is 0.977 bits per heavy atom. The Morgan fingerprint density at radius 2 is 1.60 bits per heavy atom. The molecule has 0 aromatic heterocycles. The number of rotatable bonds is 14. The topological polar surface area (TPSA) is 58.2 Å². The molecule has 43 heavy (non-hydrogen) atoms. The molecule has 4 nitrogen and oxygen atoms in total. The Kier molecular flexibility index (Phi) is 22.2. The van der Waals surface area contributed by atoms with Gasteiger partial charge < -0.3 is 15.4 Å². The molecule has 0 bridgehead atoms. The van der Waals surface area contributed by atoms with Crippen LogP contribution in [0.5, 0.6) is 0 Å². The van der Waals surface area contributed by atoms with Gasteiger partial charge in [-0.1, -0.05) is 118 Å². The molecular formula is C38H54N2O2S. The van der Waals surface area contributed by atoms with Gasteiger partial charge in [0.25, 0.3) is 0 Å². The molecule has 2 aliphatic rings. The minimum atomic E-state index is 0.122. The lowest BCUT2D eigenvalue weighted by Gasteiger charge is -2.15. The zero-order chi connectivity index (χ0) is 31.5. The fraction of sp³-hybridized carbons (Fsp3) is 0.474. The molecule has 0 saturated heterocycles. The van der Waals surface area contributed by atoms with Crippen molar-refractivity contribution in [3.05, 3.63) is 95.8 Å². The molecule has 234 valence electrons. The first-order valence-corrected chi connectivity index (χ1v) is 16.9. The summed E-state index contributed by atoms with van der Waals surface area (Å²) in [4.78, 5) is 19.8. The molecular weight excluding hydrogens is 548 g/mol. The van der Waals surface area contributed by atoms with Crippen LogP contribution in [0.25, 0.3) is 0 Å². The van der Waals surface area contributed by atoms with E-state index in [4.69, 9.17) is 11.2 Å². The lowest BCUT2D eigenvalue weighted by atomic mass is 9.91. The number of allylic oxidation sites excluding steroid dienone is 1. The van der Waals surface area contributed by atoms with Gasteiger partial charge in [-0.15, -0.1) is 12.3 Å². The summed E-state index contributed by atoms with van der Waals surface area (Å²) in [6, 6.07) is 20.8. The zero-order valence-corrected chi connectivity index (χ0v) is 27.4. The van der Waals surface area contributed by atoms with E-state index in [0.717, 1.165) is 41.8 Å². The minimum absolute atomic E-state index is 0.122. The van der Waals surface area contributed by atoms with E-state index in [-0.39, 0.29) is 12.3 Å². The summed E-state index contributed by atoms with van der Waals surface area (Å²) >= 11 is 1.96. The average Bonchev–Trinajstić information content (AvgIpc) is 3.87. The summed E-state index contributed by atoms with van der Waals surface area (Å²) in [6.45, 7) is 11.7. The van der Waals surface area contributed by atoms with Crippen LogP contribution in [0.15, 0.2) is 84.7 Å². The van der Waals surface area contributed by atoms with Gasteiger partial charge in [-0.25, -0.2) is 0 Å². The van der Waals surface area contributed by atoms with Crippen molar-refractivity contribution in [2.45, 2.75) is 83.8 Å². The van der Waals surface area contributed by atoms with E-state index >= 15 is 0 Å². The Balaban J connectivity index is 0.000000465. The van der Waals surface area contributed by atoms with Crippen molar-refractivity contribution < 1.29 is 9.59 Å². The maximum atomic E-state index is 11.8. The van der Waals surface area contributed by atoms with Crippen molar-refractivity contribution in [3.63, 3.8) is 0 Å². The molecule has 0 spiro atoms. The Hall–Kier alpha value is -3.23. The zero-order valence-electron chi connectivity index (χ0n) is 26.6. The monoisotopic (exact) mass is 602 g/mol. The van der Waals surface area contributed by atoms with Crippen LogP contribution in [-0.2, 0) is 15.3 Å². The standard InChI is InChI=1S/C23H30N2OS.C7H14.C7H8.CH2O/c1-3-4-11-22(26)17-25-19(2)23(16-20-12-13-20)24-14-8-15-27-18-21-9-6-5-7-10-21;2*1-7-5-3-2-4-6-7;1-2/h1,5-7,9-10,16,20,24-25H,2,4,8,11-15,17-18H2;7H,2-6H2,1H3;2-6H,1H3;1H2/b23-16+;;;. The maximum absolute atomic E-state index is 11.8. The van der Waals surface area contributed by atoms with Crippen LogP contribution in [0.4, 0.5) is 0 Å². The van der Waals surface area contributed by atoms with Gasteiger partial charge in [0.15, 0.2) is 5.78 Å². The number of benzene rings is 2. The number of nitrogens with one attached hydrogen (secondary N) is 2. The molecule has 4 rings (SSSR count). The molecule has 2 aromatic rings. The molecule has 0 unspecified atom stereocenters. The van der Waals surface area contributed by atoms with Gasteiger partial charge >= 0.3 is 0 Å². The predicted molar refractivity (Wildman–Crippen MR) is 187 cm³/mol. The van der Waals surface area contributed by atoms with Crippen molar-refractivity contribution in [2.75, 3.05) is 18.8 Å². The van der Waals surface area contributed by atoms with Crippen molar-refractivity contribution in [1.29, 1.82) is 0 Å². The highest BCUT2D eigenvalue weighted by molar-refractivity contribution is 7.98. The molecule has 0 heterocycles. The molecule has 5 heteroatoms. The van der Waals surface area contributed by atoms with Crippen molar-refractivity contribution >= 4 is 24.3 Å². The molecule has 0 radical (unpaired) electrons. The summed E-state index contributed by atoms with van der Waals surface area (Å²) in [5.41, 5.74) is 4.53. The van der Waals surface area contributed by atoms with E-state index in [2.05, 4.69) is 85.5 Å². The van der Waals surface area contributed by atoms with E-state index < -0.39 is 0 Å². The number of aryl methyl sites for hydroxylation is 1. The number of thioether (sulfide) groups is 1. The number of Topliss-reactive ketones (excluding diaryl/α,β-unsaturated/α-hetero) is 1. The van der Waals surface area contributed by atoms with E-state index in [9.17, 15) is 4.79 Å². The third-order valence-corrected chi connectivity index (χ3v) is 8.24.